The highest BCUT2D eigenvalue weighted by atomic mass is 35.5. The summed E-state index contributed by atoms with van der Waals surface area (Å²) in [7, 11) is -3.07. The van der Waals surface area contributed by atoms with Gasteiger partial charge in [-0.2, -0.15) is 0 Å². The average Bonchev–Trinajstić information content (AvgIpc) is 2.83. The predicted octanol–water partition coefficient (Wildman–Crippen LogP) is 1.85. The van der Waals surface area contributed by atoms with E-state index in [4.69, 9.17) is 27.9 Å². The minimum Gasteiger partial charge on any atom is -0.452 e. The Kier molecular flexibility index (Phi) is 6.26. The van der Waals surface area contributed by atoms with E-state index in [1.807, 2.05) is 0 Å². The molecule has 1 heterocycles. The smallest absolute Gasteiger partial charge is 0.331 e. The molecule has 6 nitrogen and oxygen atoms in total. The molecule has 1 atom stereocenters. The minimum atomic E-state index is -3.07. The number of nitrogens with one attached hydrogen (secondary N) is 1. The number of carbonyl (C=O) groups excluding carboxylic acids is 2. The number of esters is 1. The van der Waals surface area contributed by atoms with Gasteiger partial charge in [0.2, 0.25) is 0 Å². The molecule has 1 amide bonds. The Morgan fingerprint density at radius 2 is 2.08 bits per heavy atom. The number of rotatable bonds is 5. The molecule has 2 rings (SSSR count). The highest BCUT2D eigenvalue weighted by Crippen LogP contribution is 2.21. The summed E-state index contributed by atoms with van der Waals surface area (Å²) in [6, 6.07) is 4.38. The Labute approximate surface area is 149 Å². The Balaban J connectivity index is 1.78. The first-order chi connectivity index (χ1) is 11.2. The monoisotopic (exact) mass is 391 g/mol. The van der Waals surface area contributed by atoms with Crippen LogP contribution in [0.1, 0.15) is 12.0 Å². The van der Waals surface area contributed by atoms with Crippen molar-refractivity contribution in [3.63, 3.8) is 0 Å². The van der Waals surface area contributed by atoms with Crippen molar-refractivity contribution >= 4 is 51.0 Å². The summed E-state index contributed by atoms with van der Waals surface area (Å²) in [4.78, 5) is 23.2. The van der Waals surface area contributed by atoms with Crippen molar-refractivity contribution in [1.29, 1.82) is 0 Å². The lowest BCUT2D eigenvalue weighted by atomic mass is 10.2. The first-order valence-electron chi connectivity index (χ1n) is 7.05. The molecular formula is C15H15Cl2NO5S. The molecule has 1 aliphatic heterocycles. The van der Waals surface area contributed by atoms with Crippen LogP contribution in [0.2, 0.25) is 10.0 Å². The number of sulfone groups is 1. The van der Waals surface area contributed by atoms with Gasteiger partial charge in [-0.15, -0.1) is 0 Å². The molecule has 1 N–H and O–H groups in total. The molecule has 0 aromatic heterocycles. The van der Waals surface area contributed by atoms with Crippen molar-refractivity contribution in [2.75, 3.05) is 18.1 Å². The standard InChI is InChI=1S/C15H15Cl2NO5S/c16-11-3-1-10(13(17)7-11)2-4-15(20)23-8-14(19)18-12-5-6-24(21,22)9-12/h1-4,7,12H,5-6,8-9H2,(H,18,19)/b4-2+/t12-/m0/s1. The van der Waals surface area contributed by atoms with Gasteiger partial charge in [-0.25, -0.2) is 13.2 Å². The van der Waals surface area contributed by atoms with E-state index in [-0.39, 0.29) is 11.5 Å². The first kappa shape index (κ1) is 18.8. The van der Waals surface area contributed by atoms with Crippen molar-refractivity contribution in [3.05, 3.63) is 39.9 Å². The summed E-state index contributed by atoms with van der Waals surface area (Å²) >= 11 is 11.7. The van der Waals surface area contributed by atoms with Crippen LogP contribution in [-0.4, -0.2) is 44.4 Å². The number of ether oxygens (including phenoxy) is 1. The molecule has 0 unspecified atom stereocenters. The zero-order chi connectivity index (χ0) is 17.7. The second-order valence-corrected chi connectivity index (χ2v) is 8.35. The number of halogens is 2. The van der Waals surface area contributed by atoms with Gasteiger partial charge in [0.25, 0.3) is 5.91 Å². The van der Waals surface area contributed by atoms with Gasteiger partial charge >= 0.3 is 5.97 Å². The quantitative estimate of drug-likeness (QED) is 0.610. The zero-order valence-electron chi connectivity index (χ0n) is 12.5. The molecule has 130 valence electrons. The molecule has 0 bridgehead atoms. The molecule has 0 saturated carbocycles. The highest BCUT2D eigenvalue weighted by molar-refractivity contribution is 7.91. The largest absolute Gasteiger partial charge is 0.452 e. The first-order valence-corrected chi connectivity index (χ1v) is 9.62. The van der Waals surface area contributed by atoms with Crippen LogP contribution in [0.3, 0.4) is 0 Å². The number of carbonyl (C=O) groups is 2. The van der Waals surface area contributed by atoms with Gasteiger partial charge in [-0.1, -0.05) is 29.3 Å². The van der Waals surface area contributed by atoms with E-state index in [1.165, 1.54) is 12.1 Å². The Bertz CT molecular complexity index is 776. The topological polar surface area (TPSA) is 89.5 Å². The Hall–Kier alpha value is -1.57. The van der Waals surface area contributed by atoms with Crippen molar-refractivity contribution in [2.45, 2.75) is 12.5 Å². The van der Waals surface area contributed by atoms with Gasteiger partial charge in [0.05, 0.1) is 11.5 Å². The summed E-state index contributed by atoms with van der Waals surface area (Å²) in [5, 5.41) is 3.38. The maximum absolute atomic E-state index is 11.6. The normalized spacial score (nSPS) is 19.3. The van der Waals surface area contributed by atoms with E-state index in [1.54, 1.807) is 12.1 Å². The van der Waals surface area contributed by atoms with Crippen molar-refractivity contribution in [1.82, 2.24) is 5.32 Å². The maximum Gasteiger partial charge on any atom is 0.331 e. The summed E-state index contributed by atoms with van der Waals surface area (Å²) in [6.45, 7) is -0.478. The molecule has 9 heteroatoms. The molecule has 1 aliphatic rings. The van der Waals surface area contributed by atoms with E-state index in [0.29, 0.717) is 22.0 Å². The molecule has 1 fully saturated rings. The number of hydrogen-bond donors (Lipinski definition) is 1. The fourth-order valence-electron chi connectivity index (χ4n) is 2.16. The molecule has 0 aliphatic carbocycles. The van der Waals surface area contributed by atoms with Gasteiger partial charge in [0, 0.05) is 22.2 Å². The van der Waals surface area contributed by atoms with E-state index in [9.17, 15) is 18.0 Å². The number of amides is 1. The minimum absolute atomic E-state index is 0.0579. The summed E-state index contributed by atoms with van der Waals surface area (Å²) in [6.07, 6.45) is 2.96. The zero-order valence-corrected chi connectivity index (χ0v) is 14.8. The fraction of sp³-hybridized carbons (Fsp3) is 0.333. The lowest BCUT2D eigenvalue weighted by molar-refractivity contribution is -0.143. The predicted molar refractivity (Wildman–Crippen MR) is 91.7 cm³/mol. The van der Waals surface area contributed by atoms with Gasteiger partial charge in [0.15, 0.2) is 16.4 Å². The Morgan fingerprint density at radius 3 is 2.71 bits per heavy atom. The van der Waals surface area contributed by atoms with E-state index >= 15 is 0 Å². The molecule has 1 saturated heterocycles. The van der Waals surface area contributed by atoms with Crippen molar-refractivity contribution < 1.29 is 22.7 Å². The second kappa shape index (κ2) is 8.00. The van der Waals surface area contributed by atoms with E-state index in [0.717, 1.165) is 6.08 Å². The van der Waals surface area contributed by atoms with Crippen molar-refractivity contribution in [2.24, 2.45) is 0 Å². The molecule has 1 aromatic carbocycles. The van der Waals surface area contributed by atoms with E-state index < -0.39 is 34.4 Å². The third-order valence-electron chi connectivity index (χ3n) is 3.30. The summed E-state index contributed by atoms with van der Waals surface area (Å²) in [5.74, 6) is -1.28. The van der Waals surface area contributed by atoms with Gasteiger partial charge in [-0.05, 0) is 30.2 Å². The third kappa shape index (κ3) is 5.81. The van der Waals surface area contributed by atoms with Crippen LogP contribution in [0, 0.1) is 0 Å². The SMILES string of the molecule is O=C(COC(=O)/C=C/c1ccc(Cl)cc1Cl)N[C@H]1CCS(=O)(=O)C1. The molecule has 24 heavy (non-hydrogen) atoms. The maximum atomic E-state index is 11.6. The molecular weight excluding hydrogens is 377 g/mol. The molecule has 1 aromatic rings. The number of benzene rings is 1. The van der Waals surface area contributed by atoms with Gasteiger partial charge in [0.1, 0.15) is 0 Å². The van der Waals surface area contributed by atoms with Crippen LogP contribution < -0.4 is 5.32 Å². The van der Waals surface area contributed by atoms with Crippen LogP contribution in [0.5, 0.6) is 0 Å². The molecule has 0 spiro atoms. The molecule has 0 radical (unpaired) electrons. The van der Waals surface area contributed by atoms with E-state index in [2.05, 4.69) is 5.32 Å². The van der Waals surface area contributed by atoms with Crippen LogP contribution in [-0.2, 0) is 24.2 Å². The third-order valence-corrected chi connectivity index (χ3v) is 5.63. The average molecular weight is 392 g/mol. The second-order valence-electron chi connectivity index (χ2n) is 5.27. The summed E-state index contributed by atoms with van der Waals surface area (Å²) in [5.41, 5.74) is 0.582. The van der Waals surface area contributed by atoms with Gasteiger partial charge < -0.3 is 10.1 Å². The van der Waals surface area contributed by atoms with Crippen molar-refractivity contribution in [3.8, 4) is 0 Å². The van der Waals surface area contributed by atoms with Crippen LogP contribution >= 0.6 is 23.2 Å². The van der Waals surface area contributed by atoms with Crippen LogP contribution in [0.25, 0.3) is 6.08 Å². The lowest BCUT2D eigenvalue weighted by Gasteiger charge is -2.10. The highest BCUT2D eigenvalue weighted by Gasteiger charge is 2.28. The summed E-state index contributed by atoms with van der Waals surface area (Å²) < 4.78 is 27.4. The fourth-order valence-corrected chi connectivity index (χ4v) is 4.30. The van der Waals surface area contributed by atoms with Crippen LogP contribution in [0.15, 0.2) is 24.3 Å². The lowest BCUT2D eigenvalue weighted by Crippen LogP contribution is -2.38. The Morgan fingerprint density at radius 1 is 1.33 bits per heavy atom. The van der Waals surface area contributed by atoms with Crippen LogP contribution in [0.4, 0.5) is 0 Å². The number of hydrogen-bond acceptors (Lipinski definition) is 5. The van der Waals surface area contributed by atoms with Gasteiger partial charge in [-0.3, -0.25) is 4.79 Å².